The van der Waals surface area contributed by atoms with Gasteiger partial charge in [-0.3, -0.25) is 19.6 Å². The predicted molar refractivity (Wildman–Crippen MR) is 129 cm³/mol. The third-order valence-corrected chi connectivity index (χ3v) is 8.90. The number of aryl methyl sites for hydroxylation is 3. The van der Waals surface area contributed by atoms with Crippen molar-refractivity contribution in [3.63, 3.8) is 0 Å². The Bertz CT molecular complexity index is 1110. The molecule has 6 nitrogen and oxygen atoms in total. The van der Waals surface area contributed by atoms with Gasteiger partial charge in [-0.2, -0.15) is 0 Å². The minimum Gasteiger partial charge on any atom is -0.508 e. The van der Waals surface area contributed by atoms with Gasteiger partial charge in [0, 0.05) is 24.0 Å². The van der Waals surface area contributed by atoms with E-state index in [-0.39, 0.29) is 29.4 Å². The van der Waals surface area contributed by atoms with Crippen molar-refractivity contribution in [2.45, 2.75) is 78.2 Å². The lowest BCUT2D eigenvalue weighted by Crippen LogP contribution is -2.42. The van der Waals surface area contributed by atoms with Gasteiger partial charge in [-0.05, 0) is 86.0 Å². The maximum Gasteiger partial charge on any atom is 0.221 e. The summed E-state index contributed by atoms with van der Waals surface area (Å²) in [5.74, 6) is 1.66. The van der Waals surface area contributed by atoms with Gasteiger partial charge in [0.1, 0.15) is 11.5 Å². The Labute approximate surface area is 201 Å². The third-order valence-electron chi connectivity index (χ3n) is 8.90. The molecule has 1 heterocycles. The van der Waals surface area contributed by atoms with Crippen LogP contribution in [0.1, 0.15) is 79.9 Å². The first-order valence-corrected chi connectivity index (χ1v) is 12.7. The molecule has 2 fully saturated rings. The Morgan fingerprint density at radius 2 is 2.06 bits per heavy atom. The first kappa shape index (κ1) is 23.0. The predicted octanol–water partition coefficient (Wildman–Crippen LogP) is 4.41. The van der Waals surface area contributed by atoms with E-state index >= 15 is 0 Å². The van der Waals surface area contributed by atoms with Gasteiger partial charge in [-0.1, -0.05) is 19.9 Å². The molecule has 4 unspecified atom stereocenters. The van der Waals surface area contributed by atoms with Crippen molar-refractivity contribution in [2.75, 3.05) is 0 Å². The number of nitrogens with zero attached hydrogens (tertiary/aromatic N) is 2. The number of nitrogens with one attached hydrogen (secondary N) is 1. The van der Waals surface area contributed by atoms with Gasteiger partial charge in [0.25, 0.3) is 0 Å². The maximum atomic E-state index is 13.5. The van der Waals surface area contributed by atoms with Crippen LogP contribution in [0.4, 0.5) is 0 Å². The molecule has 2 saturated carbocycles. The number of fused-ring (bicyclic) bond motifs is 5. The van der Waals surface area contributed by atoms with Crippen molar-refractivity contribution >= 4 is 11.7 Å². The molecule has 0 saturated heterocycles. The maximum absolute atomic E-state index is 13.5. The zero-order valence-corrected chi connectivity index (χ0v) is 20.4. The second-order valence-electron chi connectivity index (χ2n) is 10.8. The van der Waals surface area contributed by atoms with Crippen molar-refractivity contribution in [2.24, 2.45) is 23.2 Å². The van der Waals surface area contributed by atoms with Crippen molar-refractivity contribution < 1.29 is 14.7 Å². The second kappa shape index (κ2) is 8.79. The average Bonchev–Trinajstić information content (AvgIpc) is 3.08. The topological polar surface area (TPSA) is 92.2 Å². The highest BCUT2D eigenvalue weighted by Gasteiger charge is 2.58. The normalized spacial score (nSPS) is 29.8. The average molecular weight is 462 g/mol. The highest BCUT2D eigenvalue weighted by atomic mass is 16.3. The summed E-state index contributed by atoms with van der Waals surface area (Å²) in [6.07, 6.45) is 9.16. The van der Waals surface area contributed by atoms with E-state index in [1.165, 1.54) is 11.1 Å². The van der Waals surface area contributed by atoms with Gasteiger partial charge in [-0.25, -0.2) is 0 Å². The first-order valence-electron chi connectivity index (χ1n) is 12.7. The van der Waals surface area contributed by atoms with Gasteiger partial charge < -0.3 is 10.4 Å². The fourth-order valence-corrected chi connectivity index (χ4v) is 7.05. The number of hydrogen-bond acceptors (Lipinski definition) is 5. The number of phenols is 1. The van der Waals surface area contributed by atoms with Gasteiger partial charge in [-0.15, -0.1) is 0 Å². The Morgan fingerprint density at radius 1 is 1.24 bits per heavy atom. The standard InChI is InChI=1S/C28H35N3O3/c1-4-17-9-23-18(11-25(17)32)5-6-22-21(23)7-8-28(3)24(22)10-19(27(28)34)12-26(33)31-15-20-14-29-16(2)13-30-20/h9,11,13-14,19,21-22,24,32H,4-8,10,12,15H2,1-3H3,(H,31,33)/t19?,21?,22?,24?,28-/m0/s1. The number of carbonyl (C=O) groups excluding carboxylic acids is 2. The van der Waals surface area contributed by atoms with E-state index in [2.05, 4.69) is 35.2 Å². The number of carbonyl (C=O) groups is 2. The molecule has 0 bridgehead atoms. The molecule has 1 aromatic heterocycles. The zero-order chi connectivity index (χ0) is 24.0. The van der Waals surface area contributed by atoms with Gasteiger partial charge in [0.05, 0.1) is 24.1 Å². The number of ketones is 1. The molecule has 3 aliphatic rings. The van der Waals surface area contributed by atoms with E-state index in [4.69, 9.17) is 0 Å². The van der Waals surface area contributed by atoms with Crippen LogP contribution in [0, 0.1) is 30.1 Å². The van der Waals surface area contributed by atoms with Gasteiger partial charge in [0.15, 0.2) is 0 Å². The SMILES string of the molecule is CCc1cc2c(cc1O)CCC1C2CC[C@]2(C)C(=O)C(CC(=O)NCc3cnc(C)cn3)CC12. The van der Waals surface area contributed by atoms with Crippen molar-refractivity contribution in [3.8, 4) is 5.75 Å². The van der Waals surface area contributed by atoms with E-state index in [0.29, 0.717) is 30.0 Å². The van der Waals surface area contributed by atoms with Crippen LogP contribution in [0.5, 0.6) is 5.75 Å². The molecule has 1 aromatic carbocycles. The number of rotatable bonds is 5. The highest BCUT2D eigenvalue weighted by Crippen LogP contribution is 2.61. The van der Waals surface area contributed by atoms with Gasteiger partial charge >= 0.3 is 0 Å². The fourth-order valence-electron chi connectivity index (χ4n) is 7.05. The van der Waals surface area contributed by atoms with E-state index < -0.39 is 0 Å². The van der Waals surface area contributed by atoms with Crippen LogP contribution in [-0.4, -0.2) is 26.8 Å². The molecule has 5 atom stereocenters. The third kappa shape index (κ3) is 3.91. The molecule has 1 amide bonds. The molecule has 2 N–H and O–H groups in total. The summed E-state index contributed by atoms with van der Waals surface area (Å²) in [4.78, 5) is 34.8. The Balaban J connectivity index is 1.29. The van der Waals surface area contributed by atoms with Crippen LogP contribution >= 0.6 is 0 Å². The highest BCUT2D eigenvalue weighted by molar-refractivity contribution is 5.93. The van der Waals surface area contributed by atoms with Crippen molar-refractivity contribution in [3.05, 3.63) is 52.6 Å². The van der Waals surface area contributed by atoms with Crippen LogP contribution in [0.3, 0.4) is 0 Å². The summed E-state index contributed by atoms with van der Waals surface area (Å²) < 4.78 is 0. The second-order valence-corrected chi connectivity index (χ2v) is 10.8. The van der Waals surface area contributed by atoms with E-state index in [1.807, 2.05) is 13.0 Å². The summed E-state index contributed by atoms with van der Waals surface area (Å²) >= 11 is 0. The largest absolute Gasteiger partial charge is 0.508 e. The molecular weight excluding hydrogens is 426 g/mol. The van der Waals surface area contributed by atoms with Crippen LogP contribution in [-0.2, 0) is 29.0 Å². The van der Waals surface area contributed by atoms with Crippen LogP contribution < -0.4 is 5.32 Å². The summed E-state index contributed by atoms with van der Waals surface area (Å²) in [5.41, 5.74) is 4.92. The Morgan fingerprint density at radius 3 is 2.79 bits per heavy atom. The number of aromatic nitrogens is 2. The molecular formula is C28H35N3O3. The van der Waals surface area contributed by atoms with Crippen molar-refractivity contribution in [1.29, 1.82) is 0 Å². The lowest BCUT2D eigenvalue weighted by molar-refractivity contribution is -0.134. The molecule has 6 heteroatoms. The molecule has 180 valence electrons. The van der Waals surface area contributed by atoms with E-state index in [0.717, 1.165) is 55.5 Å². The molecule has 0 aliphatic heterocycles. The number of phenolic OH excluding ortho intramolecular Hbond substituents is 1. The Kier molecular flexibility index (Phi) is 5.95. The fraction of sp³-hybridized carbons (Fsp3) is 0.571. The monoisotopic (exact) mass is 461 g/mol. The number of amides is 1. The van der Waals surface area contributed by atoms with E-state index in [1.54, 1.807) is 12.4 Å². The minimum atomic E-state index is -0.323. The minimum absolute atomic E-state index is 0.0865. The number of hydrogen-bond donors (Lipinski definition) is 2. The summed E-state index contributed by atoms with van der Waals surface area (Å²) in [6, 6.07) is 4.20. The number of benzene rings is 1. The van der Waals surface area contributed by atoms with Crippen LogP contribution in [0.25, 0.3) is 0 Å². The summed E-state index contributed by atoms with van der Waals surface area (Å²) in [5, 5.41) is 13.3. The molecule has 3 aliphatic carbocycles. The molecule has 5 rings (SSSR count). The number of Topliss-reactive ketones (excluding diaryl/α,β-unsaturated/α-hetero) is 1. The van der Waals surface area contributed by atoms with Crippen LogP contribution in [0.15, 0.2) is 24.5 Å². The number of aromatic hydroxyl groups is 1. The lowest BCUT2D eigenvalue weighted by atomic mass is 9.55. The zero-order valence-electron chi connectivity index (χ0n) is 20.4. The molecule has 0 spiro atoms. The van der Waals surface area contributed by atoms with Gasteiger partial charge in [0.2, 0.25) is 5.91 Å². The lowest BCUT2D eigenvalue weighted by Gasteiger charge is -2.48. The molecule has 34 heavy (non-hydrogen) atoms. The van der Waals surface area contributed by atoms with E-state index in [9.17, 15) is 14.7 Å². The Hall–Kier alpha value is -2.76. The first-order chi connectivity index (χ1) is 16.3. The molecule has 0 radical (unpaired) electrons. The smallest absolute Gasteiger partial charge is 0.221 e. The van der Waals surface area contributed by atoms with Crippen LogP contribution in [0.2, 0.25) is 0 Å². The van der Waals surface area contributed by atoms with Crippen molar-refractivity contribution in [1.82, 2.24) is 15.3 Å². The summed E-state index contributed by atoms with van der Waals surface area (Å²) in [6.45, 7) is 6.45. The summed E-state index contributed by atoms with van der Waals surface area (Å²) in [7, 11) is 0. The quantitative estimate of drug-likeness (QED) is 0.688. The molecule has 2 aromatic rings.